The molecule has 0 amide bonds. The van der Waals surface area contributed by atoms with Crippen molar-refractivity contribution in [1.82, 2.24) is 4.31 Å². The van der Waals surface area contributed by atoms with Crippen LogP contribution in [0.1, 0.15) is 18.4 Å². The molecule has 0 saturated carbocycles. The fourth-order valence-electron chi connectivity index (χ4n) is 2.56. The first-order valence-corrected chi connectivity index (χ1v) is 8.28. The third kappa shape index (κ3) is 3.88. The number of rotatable bonds is 4. The van der Waals surface area contributed by atoms with Gasteiger partial charge in [0.25, 0.3) is 0 Å². The van der Waals surface area contributed by atoms with Crippen molar-refractivity contribution in [2.24, 2.45) is 11.7 Å². The van der Waals surface area contributed by atoms with Gasteiger partial charge in [0, 0.05) is 13.1 Å². The van der Waals surface area contributed by atoms with Crippen molar-refractivity contribution >= 4 is 22.4 Å². The standard InChI is InChI=1S/C14H22N2O3S.ClH/c1-11-5-6-13(19-2)14(8-11)20(17,18)16-7-3-4-12(9-15)10-16;/h5-6,8,12H,3-4,7,9-10,15H2,1-2H3;1H. The van der Waals surface area contributed by atoms with Crippen molar-refractivity contribution < 1.29 is 13.2 Å². The number of methoxy groups -OCH3 is 1. The van der Waals surface area contributed by atoms with Crippen LogP contribution in [0.25, 0.3) is 0 Å². The Labute approximate surface area is 132 Å². The topological polar surface area (TPSA) is 72.6 Å². The van der Waals surface area contributed by atoms with Crippen LogP contribution in [0.5, 0.6) is 5.75 Å². The monoisotopic (exact) mass is 334 g/mol. The zero-order valence-corrected chi connectivity index (χ0v) is 14.0. The highest BCUT2D eigenvalue weighted by atomic mass is 35.5. The van der Waals surface area contributed by atoms with E-state index < -0.39 is 10.0 Å². The highest BCUT2D eigenvalue weighted by Gasteiger charge is 2.31. The van der Waals surface area contributed by atoms with Crippen LogP contribution in [-0.4, -0.2) is 39.5 Å². The van der Waals surface area contributed by atoms with Gasteiger partial charge in [-0.15, -0.1) is 12.4 Å². The van der Waals surface area contributed by atoms with Gasteiger partial charge in [0.15, 0.2) is 0 Å². The van der Waals surface area contributed by atoms with Crippen LogP contribution in [0.3, 0.4) is 0 Å². The maximum absolute atomic E-state index is 12.8. The van der Waals surface area contributed by atoms with Gasteiger partial charge < -0.3 is 10.5 Å². The number of hydrogen-bond acceptors (Lipinski definition) is 4. The number of sulfonamides is 1. The van der Waals surface area contributed by atoms with E-state index >= 15 is 0 Å². The molecule has 7 heteroatoms. The van der Waals surface area contributed by atoms with Crippen LogP contribution in [0.2, 0.25) is 0 Å². The van der Waals surface area contributed by atoms with Gasteiger partial charge in [0.05, 0.1) is 7.11 Å². The number of nitrogens with zero attached hydrogens (tertiary/aromatic N) is 1. The van der Waals surface area contributed by atoms with Gasteiger partial charge in [-0.1, -0.05) is 6.07 Å². The van der Waals surface area contributed by atoms with E-state index in [2.05, 4.69) is 0 Å². The second-order valence-electron chi connectivity index (χ2n) is 5.26. The average Bonchev–Trinajstić information content (AvgIpc) is 2.47. The Morgan fingerprint density at radius 1 is 1.43 bits per heavy atom. The molecule has 0 bridgehead atoms. The first kappa shape index (κ1) is 18.2. The second-order valence-corrected chi connectivity index (χ2v) is 7.17. The second kappa shape index (κ2) is 7.45. The predicted octanol–water partition coefficient (Wildman–Crippen LogP) is 1.78. The van der Waals surface area contributed by atoms with Crippen LogP contribution in [0.15, 0.2) is 23.1 Å². The number of piperidine rings is 1. The molecule has 21 heavy (non-hydrogen) atoms. The van der Waals surface area contributed by atoms with Gasteiger partial charge in [-0.05, 0) is 49.9 Å². The number of nitrogens with two attached hydrogens (primary N) is 1. The Morgan fingerprint density at radius 3 is 2.76 bits per heavy atom. The zero-order chi connectivity index (χ0) is 14.8. The van der Waals surface area contributed by atoms with E-state index in [4.69, 9.17) is 10.5 Å². The van der Waals surface area contributed by atoms with E-state index in [1.54, 1.807) is 12.1 Å². The molecule has 1 aromatic rings. The highest BCUT2D eigenvalue weighted by molar-refractivity contribution is 7.89. The predicted molar refractivity (Wildman–Crippen MR) is 85.5 cm³/mol. The van der Waals surface area contributed by atoms with Crippen LogP contribution < -0.4 is 10.5 Å². The van der Waals surface area contributed by atoms with Crippen LogP contribution >= 0.6 is 12.4 Å². The molecule has 0 aliphatic carbocycles. The summed E-state index contributed by atoms with van der Waals surface area (Å²) in [6, 6.07) is 5.21. The molecular formula is C14H23ClN2O3S. The van der Waals surface area contributed by atoms with Crippen molar-refractivity contribution in [3.63, 3.8) is 0 Å². The Hall–Kier alpha value is -0.820. The van der Waals surface area contributed by atoms with Crippen molar-refractivity contribution in [2.75, 3.05) is 26.7 Å². The lowest BCUT2D eigenvalue weighted by molar-refractivity contribution is 0.270. The minimum Gasteiger partial charge on any atom is -0.495 e. The van der Waals surface area contributed by atoms with E-state index in [9.17, 15) is 8.42 Å². The highest BCUT2D eigenvalue weighted by Crippen LogP contribution is 2.30. The number of aryl methyl sites for hydroxylation is 1. The van der Waals surface area contributed by atoms with Crippen molar-refractivity contribution in [1.29, 1.82) is 0 Å². The first-order valence-electron chi connectivity index (χ1n) is 6.84. The molecule has 120 valence electrons. The molecule has 1 saturated heterocycles. The third-order valence-electron chi connectivity index (χ3n) is 3.75. The van der Waals surface area contributed by atoms with Crippen molar-refractivity contribution in [2.45, 2.75) is 24.7 Å². The van der Waals surface area contributed by atoms with Gasteiger partial charge >= 0.3 is 0 Å². The summed E-state index contributed by atoms with van der Waals surface area (Å²) in [7, 11) is -2.03. The molecule has 1 fully saturated rings. The van der Waals surface area contributed by atoms with E-state index in [-0.39, 0.29) is 23.2 Å². The molecule has 1 aromatic carbocycles. The third-order valence-corrected chi connectivity index (χ3v) is 5.64. The average molecular weight is 335 g/mol. The number of halogens is 1. The maximum atomic E-state index is 12.8. The fourth-order valence-corrected chi connectivity index (χ4v) is 4.36. The Morgan fingerprint density at radius 2 is 2.14 bits per heavy atom. The molecule has 1 atom stereocenters. The Bertz CT molecular complexity index is 578. The zero-order valence-electron chi connectivity index (χ0n) is 12.4. The molecule has 0 spiro atoms. The van der Waals surface area contributed by atoms with Gasteiger partial charge in [-0.2, -0.15) is 4.31 Å². The maximum Gasteiger partial charge on any atom is 0.246 e. The van der Waals surface area contributed by atoms with E-state index in [1.165, 1.54) is 11.4 Å². The summed E-state index contributed by atoms with van der Waals surface area (Å²) in [5, 5.41) is 0. The molecule has 1 unspecified atom stereocenters. The van der Waals surface area contributed by atoms with Gasteiger partial charge in [-0.3, -0.25) is 0 Å². The van der Waals surface area contributed by atoms with Crippen molar-refractivity contribution in [3.8, 4) is 5.75 Å². The molecular weight excluding hydrogens is 312 g/mol. The van der Waals surface area contributed by atoms with E-state index in [0.29, 0.717) is 25.4 Å². The molecule has 2 N–H and O–H groups in total. The number of hydrogen-bond donors (Lipinski definition) is 1. The lowest BCUT2D eigenvalue weighted by Gasteiger charge is -2.31. The summed E-state index contributed by atoms with van der Waals surface area (Å²) in [6.07, 6.45) is 1.85. The minimum atomic E-state index is -3.52. The summed E-state index contributed by atoms with van der Waals surface area (Å²) >= 11 is 0. The molecule has 0 aromatic heterocycles. The van der Waals surface area contributed by atoms with Gasteiger partial charge in [0.1, 0.15) is 10.6 Å². The number of ether oxygens (including phenoxy) is 1. The molecule has 0 radical (unpaired) electrons. The lowest BCUT2D eigenvalue weighted by atomic mass is 10.0. The Kier molecular flexibility index (Phi) is 6.46. The van der Waals surface area contributed by atoms with Gasteiger partial charge in [-0.25, -0.2) is 8.42 Å². The lowest BCUT2D eigenvalue weighted by Crippen LogP contribution is -2.42. The van der Waals surface area contributed by atoms with Crippen LogP contribution in [0, 0.1) is 12.8 Å². The summed E-state index contributed by atoms with van der Waals surface area (Å²) < 4.78 is 32.3. The summed E-state index contributed by atoms with van der Waals surface area (Å²) in [5.41, 5.74) is 6.58. The fraction of sp³-hybridized carbons (Fsp3) is 0.571. The van der Waals surface area contributed by atoms with E-state index in [1.807, 2.05) is 13.0 Å². The SMILES string of the molecule is COc1ccc(C)cc1S(=O)(=O)N1CCCC(CN)C1.Cl. The van der Waals surface area contributed by atoms with Crippen molar-refractivity contribution in [3.05, 3.63) is 23.8 Å². The normalized spacial score (nSPS) is 19.9. The first-order chi connectivity index (χ1) is 9.48. The van der Waals surface area contributed by atoms with E-state index in [0.717, 1.165) is 18.4 Å². The largest absolute Gasteiger partial charge is 0.495 e. The summed E-state index contributed by atoms with van der Waals surface area (Å²) in [5.74, 6) is 0.639. The van der Waals surface area contributed by atoms with Crippen LogP contribution in [-0.2, 0) is 10.0 Å². The van der Waals surface area contributed by atoms with Crippen LogP contribution in [0.4, 0.5) is 0 Å². The Balaban J connectivity index is 0.00000220. The van der Waals surface area contributed by atoms with Gasteiger partial charge in [0.2, 0.25) is 10.0 Å². The number of benzene rings is 1. The molecule has 1 heterocycles. The molecule has 1 aliphatic heterocycles. The summed E-state index contributed by atoms with van der Waals surface area (Å²) in [4.78, 5) is 0.248. The molecule has 1 aliphatic rings. The molecule has 2 rings (SSSR count). The smallest absolute Gasteiger partial charge is 0.246 e. The summed E-state index contributed by atoms with van der Waals surface area (Å²) in [6.45, 7) is 3.44. The molecule has 5 nitrogen and oxygen atoms in total. The quantitative estimate of drug-likeness (QED) is 0.911. The minimum absolute atomic E-state index is 0.